The highest BCUT2D eigenvalue weighted by Gasteiger charge is 2.21. The van der Waals surface area contributed by atoms with Gasteiger partial charge in [-0.25, -0.2) is 13.1 Å². The lowest BCUT2D eigenvalue weighted by molar-refractivity contribution is 0.300. The third-order valence-electron chi connectivity index (χ3n) is 3.27. The van der Waals surface area contributed by atoms with Crippen molar-refractivity contribution in [3.05, 3.63) is 39.4 Å². The van der Waals surface area contributed by atoms with Gasteiger partial charge in [-0.2, -0.15) is 11.3 Å². The van der Waals surface area contributed by atoms with Gasteiger partial charge < -0.3 is 4.90 Å². The summed E-state index contributed by atoms with van der Waals surface area (Å²) in [6, 6.07) is 5.63. The molecule has 0 fully saturated rings. The highest BCUT2D eigenvalue weighted by molar-refractivity contribution is 7.91. The summed E-state index contributed by atoms with van der Waals surface area (Å²) in [5, 5.41) is 4.06. The lowest BCUT2D eigenvalue weighted by Crippen LogP contribution is -2.34. The van der Waals surface area contributed by atoms with Crippen molar-refractivity contribution in [2.24, 2.45) is 0 Å². The first-order valence-corrected chi connectivity index (χ1v) is 9.95. The van der Waals surface area contributed by atoms with Crippen LogP contribution in [0.2, 0.25) is 0 Å². The molecule has 2 aromatic rings. The Morgan fingerprint density at radius 2 is 2.05 bits per heavy atom. The van der Waals surface area contributed by atoms with Crippen LogP contribution in [0.1, 0.15) is 23.4 Å². The molecule has 0 amide bonds. The number of nitrogens with one attached hydrogen (secondary N) is 1. The van der Waals surface area contributed by atoms with Crippen LogP contribution in [0.15, 0.2) is 33.2 Å². The summed E-state index contributed by atoms with van der Waals surface area (Å²) >= 11 is 2.95. The van der Waals surface area contributed by atoms with Crippen LogP contribution in [-0.2, 0) is 16.4 Å². The molecule has 0 radical (unpaired) electrons. The molecule has 2 heterocycles. The van der Waals surface area contributed by atoms with Crippen LogP contribution in [0.25, 0.3) is 0 Å². The molecule has 0 aliphatic carbocycles. The molecule has 116 valence electrons. The second-order valence-electron chi connectivity index (χ2n) is 4.96. The normalized spacial score (nSPS) is 13.7. The molecule has 0 spiro atoms. The van der Waals surface area contributed by atoms with Gasteiger partial charge in [0, 0.05) is 17.5 Å². The third-order valence-corrected chi connectivity index (χ3v) is 7.11. The fraction of sp³-hybridized carbons (Fsp3) is 0.429. The first-order chi connectivity index (χ1) is 9.94. The van der Waals surface area contributed by atoms with Crippen molar-refractivity contribution in [2.45, 2.75) is 23.6 Å². The minimum absolute atomic E-state index is 0.0385. The summed E-state index contributed by atoms with van der Waals surface area (Å²) in [6.07, 6.45) is 0.857. The molecule has 0 aliphatic heterocycles. The van der Waals surface area contributed by atoms with Crippen molar-refractivity contribution in [3.8, 4) is 0 Å². The van der Waals surface area contributed by atoms with Crippen LogP contribution < -0.4 is 4.72 Å². The minimum atomic E-state index is -3.42. The Balaban J connectivity index is 2.09. The summed E-state index contributed by atoms with van der Waals surface area (Å²) in [7, 11) is 0.487. The maximum Gasteiger partial charge on any atom is 0.250 e. The van der Waals surface area contributed by atoms with Gasteiger partial charge in [-0.3, -0.25) is 0 Å². The van der Waals surface area contributed by atoms with Crippen LogP contribution in [-0.4, -0.2) is 34.0 Å². The quantitative estimate of drug-likeness (QED) is 0.840. The van der Waals surface area contributed by atoms with Gasteiger partial charge in [-0.05, 0) is 55.0 Å². The van der Waals surface area contributed by atoms with Gasteiger partial charge >= 0.3 is 0 Å². The molecule has 0 saturated heterocycles. The average molecular weight is 345 g/mol. The summed E-state index contributed by atoms with van der Waals surface area (Å²) in [5.74, 6) is 0. The zero-order valence-corrected chi connectivity index (χ0v) is 14.8. The maximum atomic E-state index is 12.3. The predicted molar refractivity (Wildman–Crippen MR) is 89.6 cm³/mol. The van der Waals surface area contributed by atoms with E-state index in [4.69, 9.17) is 0 Å². The van der Waals surface area contributed by atoms with E-state index in [2.05, 4.69) is 10.1 Å². The van der Waals surface area contributed by atoms with E-state index in [0.717, 1.165) is 16.9 Å². The Morgan fingerprint density at radius 1 is 1.29 bits per heavy atom. The van der Waals surface area contributed by atoms with Crippen molar-refractivity contribution < 1.29 is 8.42 Å². The van der Waals surface area contributed by atoms with Gasteiger partial charge in [0.25, 0.3) is 0 Å². The number of aryl methyl sites for hydroxylation is 1. The van der Waals surface area contributed by atoms with E-state index in [0.29, 0.717) is 10.8 Å². The van der Waals surface area contributed by atoms with Crippen molar-refractivity contribution >= 4 is 32.7 Å². The molecular formula is C14H20N2O2S3. The van der Waals surface area contributed by atoms with Gasteiger partial charge in [0.2, 0.25) is 10.0 Å². The van der Waals surface area contributed by atoms with Crippen LogP contribution in [0, 0.1) is 0 Å². The molecule has 0 aromatic carbocycles. The number of thiophene rings is 2. The zero-order chi connectivity index (χ0) is 15.5. The van der Waals surface area contributed by atoms with Crippen molar-refractivity contribution in [1.29, 1.82) is 0 Å². The van der Waals surface area contributed by atoms with Crippen LogP contribution >= 0.6 is 22.7 Å². The van der Waals surface area contributed by atoms with E-state index in [1.807, 2.05) is 43.4 Å². The van der Waals surface area contributed by atoms with Crippen LogP contribution in [0.4, 0.5) is 0 Å². The summed E-state index contributed by atoms with van der Waals surface area (Å²) in [6.45, 7) is 2.39. The number of hydrogen-bond donors (Lipinski definition) is 1. The number of sulfonamides is 1. The topological polar surface area (TPSA) is 49.4 Å². The molecule has 1 atom stereocenters. The molecule has 2 rings (SSSR count). The average Bonchev–Trinajstić information content (AvgIpc) is 3.09. The maximum absolute atomic E-state index is 12.3. The van der Waals surface area contributed by atoms with Crippen molar-refractivity contribution in [3.63, 3.8) is 0 Å². The number of nitrogens with zero attached hydrogens (tertiary/aromatic N) is 1. The Kier molecular flexibility index (Phi) is 5.56. The van der Waals surface area contributed by atoms with Gasteiger partial charge in [0.05, 0.1) is 0 Å². The van der Waals surface area contributed by atoms with Crippen LogP contribution in [0.3, 0.4) is 0 Å². The zero-order valence-electron chi connectivity index (χ0n) is 12.4. The number of likely N-dealkylation sites (N-methyl/N-ethyl adjacent to an activating group) is 1. The van der Waals surface area contributed by atoms with Gasteiger partial charge in [-0.1, -0.05) is 6.92 Å². The molecule has 1 unspecified atom stereocenters. The van der Waals surface area contributed by atoms with Crippen molar-refractivity contribution in [1.82, 2.24) is 9.62 Å². The predicted octanol–water partition coefficient (Wildman–Crippen LogP) is 2.95. The largest absolute Gasteiger partial charge is 0.301 e. The van der Waals surface area contributed by atoms with E-state index < -0.39 is 10.0 Å². The second kappa shape index (κ2) is 7.02. The Hall–Kier alpha value is -0.730. The lowest BCUT2D eigenvalue weighted by Gasteiger charge is -2.23. The standard InChI is InChI=1S/C14H20N2O2S3/c1-4-12-5-6-14(20-12)21(17,18)15-9-13(16(2)3)11-7-8-19-10-11/h5-8,10,13,15H,4,9H2,1-3H3. The molecule has 4 nitrogen and oxygen atoms in total. The first kappa shape index (κ1) is 16.6. The van der Waals surface area contributed by atoms with E-state index >= 15 is 0 Å². The first-order valence-electron chi connectivity index (χ1n) is 6.71. The van der Waals surface area contributed by atoms with Gasteiger partial charge in [0.15, 0.2) is 0 Å². The van der Waals surface area contributed by atoms with Gasteiger partial charge in [0.1, 0.15) is 4.21 Å². The molecule has 0 bridgehead atoms. The molecule has 7 heteroatoms. The van der Waals surface area contributed by atoms with E-state index in [-0.39, 0.29) is 6.04 Å². The second-order valence-corrected chi connectivity index (χ2v) is 8.90. The SMILES string of the molecule is CCc1ccc(S(=O)(=O)NCC(c2ccsc2)N(C)C)s1. The molecule has 21 heavy (non-hydrogen) atoms. The number of rotatable bonds is 7. The minimum Gasteiger partial charge on any atom is -0.301 e. The summed E-state index contributed by atoms with van der Waals surface area (Å²) < 4.78 is 27.8. The summed E-state index contributed by atoms with van der Waals surface area (Å²) in [5.41, 5.74) is 1.13. The highest BCUT2D eigenvalue weighted by atomic mass is 32.2. The van der Waals surface area contributed by atoms with E-state index in [9.17, 15) is 8.42 Å². The molecule has 0 saturated carbocycles. The molecule has 0 aliphatic rings. The van der Waals surface area contributed by atoms with Gasteiger partial charge in [-0.15, -0.1) is 11.3 Å². The Labute approximate surface area is 134 Å². The van der Waals surface area contributed by atoms with Crippen molar-refractivity contribution in [2.75, 3.05) is 20.6 Å². The van der Waals surface area contributed by atoms with E-state index in [1.54, 1.807) is 17.4 Å². The Morgan fingerprint density at radius 3 is 2.57 bits per heavy atom. The molecule has 1 N–H and O–H groups in total. The molecular weight excluding hydrogens is 324 g/mol. The fourth-order valence-electron chi connectivity index (χ4n) is 2.02. The smallest absolute Gasteiger partial charge is 0.250 e. The molecule has 2 aromatic heterocycles. The van der Waals surface area contributed by atoms with E-state index in [1.165, 1.54) is 11.3 Å². The highest BCUT2D eigenvalue weighted by Crippen LogP contribution is 2.24. The fourth-order valence-corrected chi connectivity index (χ4v) is 5.10. The monoisotopic (exact) mass is 344 g/mol. The number of hydrogen-bond acceptors (Lipinski definition) is 5. The van der Waals surface area contributed by atoms with Crippen LogP contribution in [0.5, 0.6) is 0 Å². The third kappa shape index (κ3) is 4.14. The summed E-state index contributed by atoms with van der Waals surface area (Å²) in [4.78, 5) is 3.11. The lowest BCUT2D eigenvalue weighted by atomic mass is 10.1. The Bertz CT molecular complexity index is 660.